The van der Waals surface area contributed by atoms with E-state index < -0.39 is 5.97 Å². The van der Waals surface area contributed by atoms with Crippen molar-refractivity contribution in [1.82, 2.24) is 19.6 Å². The van der Waals surface area contributed by atoms with Gasteiger partial charge in [-0.3, -0.25) is 4.68 Å². The second kappa shape index (κ2) is 3.23. The average Bonchev–Trinajstić information content (AvgIpc) is 2.71. The van der Waals surface area contributed by atoms with Crippen LogP contribution in [0.25, 0.3) is 5.82 Å². The van der Waals surface area contributed by atoms with Crippen LogP contribution in [-0.4, -0.2) is 30.6 Å². The molecule has 0 bridgehead atoms. The zero-order valence-electron chi connectivity index (χ0n) is 8.38. The van der Waals surface area contributed by atoms with E-state index in [4.69, 9.17) is 5.11 Å². The molecule has 0 aromatic carbocycles. The number of aromatic carboxylic acids is 1. The Morgan fingerprint density at radius 1 is 1.47 bits per heavy atom. The lowest BCUT2D eigenvalue weighted by Crippen LogP contribution is -2.03. The van der Waals surface area contributed by atoms with Crippen LogP contribution in [0.1, 0.15) is 16.2 Å². The van der Waals surface area contributed by atoms with Crippen molar-refractivity contribution in [3.8, 4) is 5.82 Å². The number of carboxylic acids is 1. The Hall–Kier alpha value is -2.11. The maximum absolute atomic E-state index is 10.7. The van der Waals surface area contributed by atoms with Gasteiger partial charge >= 0.3 is 5.97 Å². The lowest BCUT2D eigenvalue weighted by Gasteiger charge is -1.97. The van der Waals surface area contributed by atoms with E-state index in [1.807, 2.05) is 0 Å². The van der Waals surface area contributed by atoms with Gasteiger partial charge in [0.1, 0.15) is 0 Å². The predicted molar refractivity (Wildman–Crippen MR) is 52.0 cm³/mol. The third-order valence-electron chi connectivity index (χ3n) is 2.02. The number of rotatable bonds is 2. The Balaban J connectivity index is 2.49. The standard InChI is InChI=1S/C9H10N4O2/c1-6-5-7(9(14)15)10-13(6)8-3-4-12(2)11-8/h3-5H,1-2H3,(H,14,15). The van der Waals surface area contributed by atoms with E-state index in [-0.39, 0.29) is 5.69 Å². The Morgan fingerprint density at radius 3 is 2.67 bits per heavy atom. The summed E-state index contributed by atoms with van der Waals surface area (Å²) < 4.78 is 3.14. The maximum Gasteiger partial charge on any atom is 0.356 e. The second-order valence-electron chi connectivity index (χ2n) is 3.24. The largest absolute Gasteiger partial charge is 0.476 e. The molecule has 0 aliphatic rings. The molecule has 2 aromatic rings. The third-order valence-corrected chi connectivity index (χ3v) is 2.02. The normalized spacial score (nSPS) is 10.5. The molecule has 78 valence electrons. The summed E-state index contributed by atoms with van der Waals surface area (Å²) in [4.78, 5) is 10.7. The fourth-order valence-electron chi connectivity index (χ4n) is 1.33. The van der Waals surface area contributed by atoms with Crippen molar-refractivity contribution >= 4 is 5.97 Å². The number of aromatic nitrogens is 4. The number of hydrogen-bond donors (Lipinski definition) is 1. The first kappa shape index (κ1) is 9.45. The molecule has 6 nitrogen and oxygen atoms in total. The molecule has 0 aliphatic heterocycles. The van der Waals surface area contributed by atoms with Gasteiger partial charge in [-0.25, -0.2) is 9.48 Å². The summed E-state index contributed by atoms with van der Waals surface area (Å²) in [6.45, 7) is 1.79. The zero-order chi connectivity index (χ0) is 11.0. The van der Waals surface area contributed by atoms with Gasteiger partial charge < -0.3 is 5.11 Å². The Morgan fingerprint density at radius 2 is 2.20 bits per heavy atom. The molecule has 0 saturated carbocycles. The maximum atomic E-state index is 10.7. The van der Waals surface area contributed by atoms with Gasteiger partial charge in [-0.05, 0) is 13.0 Å². The first-order valence-corrected chi connectivity index (χ1v) is 4.38. The van der Waals surface area contributed by atoms with Crippen LogP contribution in [0.5, 0.6) is 0 Å². The predicted octanol–water partition coefficient (Wildman–Crippen LogP) is 0.612. The first-order chi connectivity index (χ1) is 7.08. The van der Waals surface area contributed by atoms with Gasteiger partial charge in [0.25, 0.3) is 0 Å². The highest BCUT2D eigenvalue weighted by molar-refractivity contribution is 5.85. The quantitative estimate of drug-likeness (QED) is 0.781. The monoisotopic (exact) mass is 206 g/mol. The summed E-state index contributed by atoms with van der Waals surface area (Å²) in [6, 6.07) is 3.28. The van der Waals surface area contributed by atoms with Crippen molar-refractivity contribution in [2.75, 3.05) is 0 Å². The Kier molecular flexibility index (Phi) is 2.03. The van der Waals surface area contributed by atoms with Crippen LogP contribution >= 0.6 is 0 Å². The average molecular weight is 206 g/mol. The second-order valence-corrected chi connectivity index (χ2v) is 3.24. The minimum atomic E-state index is -1.03. The number of carbonyl (C=O) groups is 1. The Labute approximate surface area is 85.8 Å². The summed E-state index contributed by atoms with van der Waals surface area (Å²) in [5, 5.41) is 16.8. The third kappa shape index (κ3) is 1.61. The minimum absolute atomic E-state index is 0.0261. The van der Waals surface area contributed by atoms with Crippen molar-refractivity contribution in [2.45, 2.75) is 6.92 Å². The lowest BCUT2D eigenvalue weighted by atomic mass is 10.4. The molecule has 2 heterocycles. The number of nitrogens with zero attached hydrogens (tertiary/aromatic N) is 4. The molecule has 2 aromatic heterocycles. The van der Waals surface area contributed by atoms with Crippen LogP contribution in [0.2, 0.25) is 0 Å². The van der Waals surface area contributed by atoms with Gasteiger partial charge in [-0.2, -0.15) is 10.2 Å². The summed E-state index contributed by atoms with van der Waals surface area (Å²) in [5.41, 5.74) is 0.768. The molecule has 0 atom stereocenters. The SMILES string of the molecule is Cc1cc(C(=O)O)nn1-c1ccn(C)n1. The highest BCUT2D eigenvalue weighted by atomic mass is 16.4. The van der Waals surface area contributed by atoms with E-state index in [9.17, 15) is 4.79 Å². The van der Waals surface area contributed by atoms with Gasteiger partial charge in [0.2, 0.25) is 0 Å². The van der Waals surface area contributed by atoms with Crippen LogP contribution in [0.4, 0.5) is 0 Å². The fraction of sp³-hybridized carbons (Fsp3) is 0.222. The molecule has 0 radical (unpaired) electrons. The minimum Gasteiger partial charge on any atom is -0.476 e. The summed E-state index contributed by atoms with van der Waals surface area (Å²) in [6.07, 6.45) is 1.77. The van der Waals surface area contributed by atoms with Crippen molar-refractivity contribution in [3.05, 3.63) is 29.7 Å². The van der Waals surface area contributed by atoms with Gasteiger partial charge in [0.05, 0.1) is 0 Å². The highest BCUT2D eigenvalue weighted by Crippen LogP contribution is 2.09. The highest BCUT2D eigenvalue weighted by Gasteiger charge is 2.12. The van der Waals surface area contributed by atoms with Gasteiger partial charge in [-0.1, -0.05) is 0 Å². The lowest BCUT2D eigenvalue weighted by molar-refractivity contribution is 0.0690. The van der Waals surface area contributed by atoms with Crippen LogP contribution in [0, 0.1) is 6.92 Å². The summed E-state index contributed by atoms with van der Waals surface area (Å²) in [7, 11) is 1.79. The molecule has 0 amide bonds. The van der Waals surface area contributed by atoms with E-state index in [0.29, 0.717) is 5.82 Å². The van der Waals surface area contributed by atoms with Crippen molar-refractivity contribution in [2.24, 2.45) is 7.05 Å². The number of carboxylic acid groups (broad SMARTS) is 1. The molecule has 15 heavy (non-hydrogen) atoms. The topological polar surface area (TPSA) is 72.9 Å². The molecule has 0 aliphatic carbocycles. The summed E-state index contributed by atoms with van der Waals surface area (Å²) in [5.74, 6) is -0.421. The molecule has 2 rings (SSSR count). The first-order valence-electron chi connectivity index (χ1n) is 4.38. The van der Waals surface area contributed by atoms with E-state index in [0.717, 1.165) is 5.69 Å². The number of aryl methyl sites for hydroxylation is 2. The summed E-state index contributed by atoms with van der Waals surface area (Å²) >= 11 is 0. The molecular formula is C9H10N4O2. The molecular weight excluding hydrogens is 196 g/mol. The van der Waals surface area contributed by atoms with E-state index >= 15 is 0 Å². The Bertz CT molecular complexity index is 512. The molecule has 0 unspecified atom stereocenters. The van der Waals surface area contributed by atoms with Crippen molar-refractivity contribution in [1.29, 1.82) is 0 Å². The van der Waals surface area contributed by atoms with Gasteiger partial charge in [0.15, 0.2) is 11.5 Å². The van der Waals surface area contributed by atoms with E-state index in [1.165, 1.54) is 10.7 Å². The number of hydrogen-bond acceptors (Lipinski definition) is 3. The van der Waals surface area contributed by atoms with Crippen LogP contribution in [-0.2, 0) is 7.05 Å². The zero-order valence-corrected chi connectivity index (χ0v) is 8.38. The molecule has 0 fully saturated rings. The molecule has 6 heteroatoms. The van der Waals surface area contributed by atoms with Gasteiger partial charge in [-0.15, -0.1) is 0 Å². The van der Waals surface area contributed by atoms with Crippen LogP contribution < -0.4 is 0 Å². The van der Waals surface area contributed by atoms with Crippen LogP contribution in [0.15, 0.2) is 18.3 Å². The van der Waals surface area contributed by atoms with Crippen LogP contribution in [0.3, 0.4) is 0 Å². The van der Waals surface area contributed by atoms with E-state index in [2.05, 4.69) is 10.2 Å². The van der Waals surface area contributed by atoms with E-state index in [1.54, 1.807) is 30.9 Å². The van der Waals surface area contributed by atoms with Crippen molar-refractivity contribution in [3.63, 3.8) is 0 Å². The fourth-order valence-corrected chi connectivity index (χ4v) is 1.33. The smallest absolute Gasteiger partial charge is 0.356 e. The molecule has 0 spiro atoms. The molecule has 1 N–H and O–H groups in total. The van der Waals surface area contributed by atoms with Gasteiger partial charge in [0, 0.05) is 25.0 Å². The molecule has 0 saturated heterocycles. The van der Waals surface area contributed by atoms with Crippen molar-refractivity contribution < 1.29 is 9.90 Å².